The Kier molecular flexibility index (Phi) is 2.93. The molecule has 1 aromatic carbocycles. The van der Waals surface area contributed by atoms with Crippen LogP contribution < -0.4 is 11.5 Å². The van der Waals surface area contributed by atoms with E-state index in [0.29, 0.717) is 11.8 Å². The number of aryl methyl sites for hydroxylation is 1. The highest BCUT2D eigenvalue weighted by Gasteiger charge is 2.61. The Morgan fingerprint density at radius 3 is 2.82 bits per heavy atom. The molecular weight excluding hydrogens is 274 g/mol. The number of hydrogen-bond donors (Lipinski definition) is 2. The van der Waals surface area contributed by atoms with Crippen LogP contribution in [-0.4, -0.2) is 11.6 Å². The van der Waals surface area contributed by atoms with E-state index in [0.717, 1.165) is 44.2 Å². The minimum atomic E-state index is -0.185. The van der Waals surface area contributed by atoms with E-state index in [1.807, 2.05) is 6.07 Å². The van der Waals surface area contributed by atoms with E-state index < -0.39 is 0 Å². The van der Waals surface area contributed by atoms with E-state index in [1.54, 1.807) is 0 Å². The molecule has 0 heterocycles. The molecule has 0 amide bonds. The summed E-state index contributed by atoms with van der Waals surface area (Å²) in [5, 5.41) is 3.45. The summed E-state index contributed by atoms with van der Waals surface area (Å²) in [6, 6.07) is 6.26. The van der Waals surface area contributed by atoms with Crippen molar-refractivity contribution in [3.63, 3.8) is 0 Å². The smallest absolute Gasteiger partial charge is 0.0976 e. The van der Waals surface area contributed by atoms with E-state index >= 15 is 0 Å². The first-order valence-corrected chi connectivity index (χ1v) is 8.48. The molecule has 0 radical (unpaired) electrons. The lowest BCUT2D eigenvalue weighted by Gasteiger charge is -2.56. The van der Waals surface area contributed by atoms with Crippen LogP contribution >= 0.6 is 0 Å². The van der Waals surface area contributed by atoms with Gasteiger partial charge in [-0.2, -0.15) is 4.91 Å². The van der Waals surface area contributed by atoms with Gasteiger partial charge in [-0.05, 0) is 73.1 Å². The van der Waals surface area contributed by atoms with Crippen LogP contribution in [-0.2, 0) is 6.42 Å². The molecular formula is C18H25N3O. The van der Waals surface area contributed by atoms with Gasteiger partial charge < -0.3 is 11.5 Å². The number of benzene rings is 1. The SMILES string of the molecule is CC12CCC3c4ccc(N)cc4CCC3(N)C1CCC2N=O. The molecule has 118 valence electrons. The fourth-order valence-electron chi connectivity index (χ4n) is 5.91. The van der Waals surface area contributed by atoms with E-state index in [-0.39, 0.29) is 17.0 Å². The summed E-state index contributed by atoms with van der Waals surface area (Å²) in [5.74, 6) is 0.812. The lowest BCUT2D eigenvalue weighted by molar-refractivity contribution is 0.0257. The molecule has 3 aliphatic carbocycles. The van der Waals surface area contributed by atoms with Crippen LogP contribution in [0.1, 0.15) is 56.1 Å². The fraction of sp³-hybridized carbons (Fsp3) is 0.667. The standard InChI is InChI=1S/C18H25N3O/c1-17-8-7-14-13-3-2-12(19)10-11(13)6-9-18(14,20)15(17)4-5-16(17)21-22/h2-3,10,14-16H,4-9,19-20H2,1H3. The molecule has 2 fully saturated rings. The third-order valence-electron chi connectivity index (χ3n) is 7.05. The highest BCUT2D eigenvalue weighted by atomic mass is 16.3. The first-order chi connectivity index (χ1) is 10.5. The van der Waals surface area contributed by atoms with Gasteiger partial charge in [0.05, 0.1) is 6.04 Å². The van der Waals surface area contributed by atoms with Gasteiger partial charge >= 0.3 is 0 Å². The maximum atomic E-state index is 11.3. The van der Waals surface area contributed by atoms with Crippen molar-refractivity contribution in [1.29, 1.82) is 0 Å². The first kappa shape index (κ1) is 14.2. The monoisotopic (exact) mass is 299 g/mol. The minimum absolute atomic E-state index is 0.00168. The molecule has 2 saturated carbocycles. The molecule has 3 aliphatic rings. The van der Waals surface area contributed by atoms with Crippen molar-refractivity contribution in [2.24, 2.45) is 22.2 Å². The molecule has 4 rings (SSSR count). The summed E-state index contributed by atoms with van der Waals surface area (Å²) < 4.78 is 0. The van der Waals surface area contributed by atoms with E-state index in [2.05, 4.69) is 24.2 Å². The molecule has 4 heteroatoms. The zero-order valence-corrected chi connectivity index (χ0v) is 13.2. The summed E-state index contributed by atoms with van der Waals surface area (Å²) in [4.78, 5) is 11.3. The Balaban J connectivity index is 1.77. The van der Waals surface area contributed by atoms with Crippen LogP contribution in [0.3, 0.4) is 0 Å². The summed E-state index contributed by atoms with van der Waals surface area (Å²) in [6.45, 7) is 2.25. The van der Waals surface area contributed by atoms with Crippen molar-refractivity contribution >= 4 is 5.69 Å². The number of nitrogen functional groups attached to an aromatic ring is 1. The average Bonchev–Trinajstić information content (AvgIpc) is 2.84. The topological polar surface area (TPSA) is 81.5 Å². The zero-order chi connectivity index (χ0) is 15.5. The van der Waals surface area contributed by atoms with Gasteiger partial charge in [-0.15, -0.1) is 0 Å². The van der Waals surface area contributed by atoms with E-state index in [4.69, 9.17) is 11.5 Å². The molecule has 0 aliphatic heterocycles. The van der Waals surface area contributed by atoms with Crippen molar-refractivity contribution in [1.82, 2.24) is 0 Å². The Hall–Kier alpha value is -1.42. The zero-order valence-electron chi connectivity index (χ0n) is 13.2. The van der Waals surface area contributed by atoms with Crippen molar-refractivity contribution in [3.05, 3.63) is 34.2 Å². The summed E-state index contributed by atoms with van der Waals surface area (Å²) >= 11 is 0. The number of anilines is 1. The number of rotatable bonds is 1. The lowest BCUT2D eigenvalue weighted by atomic mass is 9.51. The van der Waals surface area contributed by atoms with Crippen molar-refractivity contribution in [3.8, 4) is 0 Å². The van der Waals surface area contributed by atoms with Crippen molar-refractivity contribution in [2.45, 2.75) is 62.9 Å². The largest absolute Gasteiger partial charge is 0.399 e. The number of nitrogens with two attached hydrogens (primary N) is 2. The van der Waals surface area contributed by atoms with Gasteiger partial charge in [0.2, 0.25) is 0 Å². The molecule has 5 atom stereocenters. The van der Waals surface area contributed by atoms with Gasteiger partial charge in [0.1, 0.15) is 0 Å². The number of hydrogen-bond acceptors (Lipinski definition) is 4. The molecule has 0 aromatic heterocycles. The third kappa shape index (κ3) is 1.67. The highest BCUT2D eigenvalue weighted by Crippen LogP contribution is 2.62. The molecule has 4 N–H and O–H groups in total. The molecule has 0 bridgehead atoms. The normalized spacial score (nSPS) is 43.1. The molecule has 1 aromatic rings. The van der Waals surface area contributed by atoms with Crippen LogP contribution in [0.15, 0.2) is 23.4 Å². The molecule has 5 unspecified atom stereocenters. The predicted octanol–water partition coefficient (Wildman–Crippen LogP) is 3.34. The number of fused-ring (bicyclic) bond motifs is 5. The van der Waals surface area contributed by atoms with Gasteiger partial charge in [0, 0.05) is 17.1 Å². The lowest BCUT2D eigenvalue weighted by Crippen LogP contribution is -2.61. The van der Waals surface area contributed by atoms with Gasteiger partial charge in [-0.1, -0.05) is 18.2 Å². The summed E-state index contributed by atoms with van der Waals surface area (Å²) in [6.07, 6.45) is 6.07. The van der Waals surface area contributed by atoms with Crippen LogP contribution in [0.5, 0.6) is 0 Å². The van der Waals surface area contributed by atoms with Crippen LogP contribution in [0.4, 0.5) is 5.69 Å². The molecule has 0 saturated heterocycles. The number of nitroso groups, excluding NO2 is 1. The maximum absolute atomic E-state index is 11.3. The number of nitrogens with zero attached hydrogens (tertiary/aromatic N) is 1. The van der Waals surface area contributed by atoms with Gasteiger partial charge in [-0.25, -0.2) is 0 Å². The quantitative estimate of drug-likeness (QED) is 0.616. The summed E-state index contributed by atoms with van der Waals surface area (Å²) in [5.41, 5.74) is 16.4. The average molecular weight is 299 g/mol. The fourth-order valence-corrected chi connectivity index (χ4v) is 5.91. The molecule has 22 heavy (non-hydrogen) atoms. The maximum Gasteiger partial charge on any atom is 0.0976 e. The van der Waals surface area contributed by atoms with Crippen LogP contribution in [0, 0.1) is 16.2 Å². The third-order valence-corrected chi connectivity index (χ3v) is 7.05. The van der Waals surface area contributed by atoms with E-state index in [9.17, 15) is 4.91 Å². The van der Waals surface area contributed by atoms with E-state index in [1.165, 1.54) is 11.1 Å². The summed E-state index contributed by atoms with van der Waals surface area (Å²) in [7, 11) is 0. The van der Waals surface area contributed by atoms with Gasteiger partial charge in [-0.3, -0.25) is 0 Å². The van der Waals surface area contributed by atoms with Gasteiger partial charge in [0.25, 0.3) is 0 Å². The minimum Gasteiger partial charge on any atom is -0.399 e. The van der Waals surface area contributed by atoms with Crippen LogP contribution in [0.25, 0.3) is 0 Å². The second kappa shape index (κ2) is 4.54. The molecule has 0 spiro atoms. The predicted molar refractivity (Wildman–Crippen MR) is 88.5 cm³/mol. The van der Waals surface area contributed by atoms with Crippen molar-refractivity contribution < 1.29 is 0 Å². The Bertz CT molecular complexity index is 631. The Morgan fingerprint density at radius 1 is 1.23 bits per heavy atom. The second-order valence-corrected chi connectivity index (χ2v) is 7.92. The Morgan fingerprint density at radius 2 is 2.05 bits per heavy atom. The molecule has 4 nitrogen and oxygen atoms in total. The van der Waals surface area contributed by atoms with Gasteiger partial charge in [0.15, 0.2) is 0 Å². The first-order valence-electron chi connectivity index (χ1n) is 8.48. The van der Waals surface area contributed by atoms with Crippen LogP contribution in [0.2, 0.25) is 0 Å². The Labute approximate surface area is 131 Å². The van der Waals surface area contributed by atoms with Crippen molar-refractivity contribution in [2.75, 3.05) is 5.73 Å². The highest BCUT2D eigenvalue weighted by molar-refractivity contribution is 5.49. The second-order valence-electron chi connectivity index (χ2n) is 7.92.